The Morgan fingerprint density at radius 3 is 1.61 bits per heavy atom. The van der Waals surface area contributed by atoms with E-state index in [1.807, 2.05) is 30.3 Å². The number of aromatic nitrogens is 1. The molecular weight excluding hydrogens is 781 g/mol. The van der Waals surface area contributed by atoms with Crippen LogP contribution < -0.4 is 9.64 Å². The molecule has 10 aromatic carbocycles. The van der Waals surface area contributed by atoms with Crippen molar-refractivity contribution in [3.05, 3.63) is 231 Å². The highest BCUT2D eigenvalue weighted by Gasteiger charge is 2.22. The van der Waals surface area contributed by atoms with Crippen LogP contribution in [0.3, 0.4) is 0 Å². The van der Waals surface area contributed by atoms with Gasteiger partial charge in [-0.15, -0.1) is 0 Å². The predicted octanol–water partition coefficient (Wildman–Crippen LogP) is 16.9. The average molecular weight is 819 g/mol. The predicted molar refractivity (Wildman–Crippen MR) is 265 cm³/mol. The summed E-state index contributed by atoms with van der Waals surface area (Å²) in [6.07, 6.45) is 0. The molecule has 0 atom stereocenters. The highest BCUT2D eigenvalue weighted by molar-refractivity contribution is 6.11. The number of rotatable bonds is 6. The number of fused-ring (bicyclic) bond motifs is 11. The van der Waals surface area contributed by atoms with E-state index in [1.54, 1.807) is 0 Å². The van der Waals surface area contributed by atoms with Crippen molar-refractivity contribution < 1.29 is 9.15 Å². The molecule has 0 N–H and O–H groups in total. The van der Waals surface area contributed by atoms with Crippen LogP contribution in [0.1, 0.15) is 0 Å². The summed E-state index contributed by atoms with van der Waals surface area (Å²) in [6.45, 7) is 0. The lowest BCUT2D eigenvalue weighted by Gasteiger charge is -2.26. The summed E-state index contributed by atoms with van der Waals surface area (Å²) in [5, 5.41) is 4.67. The SMILES string of the molecule is c1ccc(-n2c3ccccc3c3cc(N(c4ccc(-c5ccc6c(c5)-c5ccccc5Oc5ccccc5-6)cc4)c4ccc(-c5ccc6oc7ccccc7c6c5)cc4)ccc32)cc1. The molecule has 1 aliphatic rings. The van der Waals surface area contributed by atoms with Gasteiger partial charge in [-0.3, -0.25) is 0 Å². The molecule has 0 fully saturated rings. The van der Waals surface area contributed by atoms with Gasteiger partial charge >= 0.3 is 0 Å². The molecule has 2 aromatic heterocycles. The van der Waals surface area contributed by atoms with Gasteiger partial charge in [0, 0.05) is 55.4 Å². The van der Waals surface area contributed by atoms with Crippen molar-refractivity contribution in [2.24, 2.45) is 0 Å². The summed E-state index contributed by atoms with van der Waals surface area (Å²) >= 11 is 0. The molecule has 4 heteroatoms. The fourth-order valence-corrected chi connectivity index (χ4v) is 9.77. The standard InChI is InChI=1S/C60H38N2O2/c1-2-12-43(13-3-1)62-55-18-8-4-14-48(55)53-38-46(32-34-56(53)62)61(45-30-24-40(25-31-45)42-27-35-60-54(37-42)51-17-7-11-21-59(51)64-60)44-28-22-39(23-29-44)41-26-33-47-49-15-5-9-19-57(49)63-58-20-10-6-16-50(58)52(47)36-41/h1-38H. The van der Waals surface area contributed by atoms with E-state index in [1.165, 1.54) is 21.8 Å². The monoisotopic (exact) mass is 818 g/mol. The molecule has 300 valence electrons. The smallest absolute Gasteiger partial charge is 0.135 e. The molecular formula is C60H38N2O2. The zero-order valence-electron chi connectivity index (χ0n) is 34.7. The molecule has 0 saturated heterocycles. The van der Waals surface area contributed by atoms with Crippen LogP contribution in [0.15, 0.2) is 235 Å². The highest BCUT2D eigenvalue weighted by Crippen LogP contribution is 2.48. The first kappa shape index (κ1) is 36.1. The van der Waals surface area contributed by atoms with Crippen LogP contribution in [0, 0.1) is 0 Å². The fourth-order valence-electron chi connectivity index (χ4n) is 9.77. The lowest BCUT2D eigenvalue weighted by atomic mass is 9.91. The van der Waals surface area contributed by atoms with Crippen molar-refractivity contribution in [3.8, 4) is 61.7 Å². The van der Waals surface area contributed by atoms with E-state index >= 15 is 0 Å². The maximum Gasteiger partial charge on any atom is 0.135 e. The maximum absolute atomic E-state index is 6.48. The van der Waals surface area contributed by atoms with Crippen LogP contribution in [0.5, 0.6) is 11.5 Å². The number of hydrogen-bond donors (Lipinski definition) is 0. The van der Waals surface area contributed by atoms with Gasteiger partial charge in [0.05, 0.1) is 11.0 Å². The van der Waals surface area contributed by atoms with Crippen molar-refractivity contribution in [1.29, 1.82) is 0 Å². The van der Waals surface area contributed by atoms with E-state index in [4.69, 9.17) is 9.15 Å². The van der Waals surface area contributed by atoms with Crippen LogP contribution in [-0.4, -0.2) is 4.57 Å². The van der Waals surface area contributed by atoms with Crippen LogP contribution in [0.25, 0.3) is 93.9 Å². The van der Waals surface area contributed by atoms with E-state index in [9.17, 15) is 0 Å². The number of hydrogen-bond acceptors (Lipinski definition) is 3. The van der Waals surface area contributed by atoms with Crippen LogP contribution in [0.4, 0.5) is 17.1 Å². The van der Waals surface area contributed by atoms with E-state index in [-0.39, 0.29) is 0 Å². The first-order valence-electron chi connectivity index (χ1n) is 21.7. The Balaban J connectivity index is 0.932. The quantitative estimate of drug-likeness (QED) is 0.167. The summed E-state index contributed by atoms with van der Waals surface area (Å²) in [5.41, 5.74) is 17.6. The Labute approximate surface area is 370 Å². The third-order valence-electron chi connectivity index (χ3n) is 12.8. The maximum atomic E-state index is 6.48. The van der Waals surface area contributed by atoms with Gasteiger partial charge < -0.3 is 18.6 Å². The van der Waals surface area contributed by atoms with Crippen LogP contribution in [-0.2, 0) is 0 Å². The van der Waals surface area contributed by atoms with Gasteiger partial charge in [-0.05, 0) is 130 Å². The average Bonchev–Trinajstić information content (AvgIpc) is 3.85. The number of anilines is 3. The van der Waals surface area contributed by atoms with E-state index < -0.39 is 0 Å². The highest BCUT2D eigenvalue weighted by atomic mass is 16.5. The summed E-state index contributed by atoms with van der Waals surface area (Å²) in [4.78, 5) is 2.37. The van der Waals surface area contributed by atoms with Gasteiger partial charge in [-0.25, -0.2) is 0 Å². The Hall–Kier alpha value is -8.60. The lowest BCUT2D eigenvalue weighted by molar-refractivity contribution is 0.488. The zero-order chi connectivity index (χ0) is 42.1. The van der Waals surface area contributed by atoms with Crippen molar-refractivity contribution in [2.75, 3.05) is 4.90 Å². The van der Waals surface area contributed by atoms with Crippen LogP contribution >= 0.6 is 0 Å². The summed E-state index contributed by atoms with van der Waals surface area (Å²) in [5.74, 6) is 1.73. The number of para-hydroxylation sites is 5. The minimum atomic E-state index is 0.863. The number of nitrogens with zero attached hydrogens (tertiary/aromatic N) is 2. The second-order valence-electron chi connectivity index (χ2n) is 16.5. The first-order valence-corrected chi connectivity index (χ1v) is 21.7. The second kappa shape index (κ2) is 14.5. The van der Waals surface area contributed by atoms with Gasteiger partial charge in [0.1, 0.15) is 22.7 Å². The zero-order valence-corrected chi connectivity index (χ0v) is 34.7. The molecule has 0 unspecified atom stereocenters. The molecule has 13 rings (SSSR count). The Bertz CT molecular complexity index is 3750. The summed E-state index contributed by atoms with van der Waals surface area (Å²) in [7, 11) is 0. The molecule has 4 nitrogen and oxygen atoms in total. The summed E-state index contributed by atoms with van der Waals surface area (Å²) < 4.78 is 15.0. The number of furan rings is 1. The molecule has 0 spiro atoms. The third kappa shape index (κ3) is 5.84. The molecule has 1 aliphatic heterocycles. The van der Waals surface area contributed by atoms with E-state index in [0.29, 0.717) is 0 Å². The first-order chi connectivity index (χ1) is 31.7. The molecule has 0 bridgehead atoms. The Morgan fingerprint density at radius 2 is 0.859 bits per heavy atom. The van der Waals surface area contributed by atoms with E-state index in [0.717, 1.165) is 101 Å². The van der Waals surface area contributed by atoms with Gasteiger partial charge in [0.2, 0.25) is 0 Å². The normalized spacial score (nSPS) is 11.9. The Morgan fingerprint density at radius 1 is 0.312 bits per heavy atom. The molecule has 64 heavy (non-hydrogen) atoms. The molecule has 0 aliphatic carbocycles. The molecule has 0 saturated carbocycles. The van der Waals surface area contributed by atoms with Crippen molar-refractivity contribution >= 4 is 60.8 Å². The third-order valence-corrected chi connectivity index (χ3v) is 12.8. The number of benzene rings is 10. The Kier molecular flexibility index (Phi) is 8.18. The van der Waals surface area contributed by atoms with Crippen LogP contribution in [0.2, 0.25) is 0 Å². The van der Waals surface area contributed by atoms with Gasteiger partial charge in [-0.2, -0.15) is 0 Å². The van der Waals surface area contributed by atoms with Gasteiger partial charge in [-0.1, -0.05) is 133 Å². The van der Waals surface area contributed by atoms with Crippen molar-refractivity contribution in [2.45, 2.75) is 0 Å². The lowest BCUT2D eigenvalue weighted by Crippen LogP contribution is -2.10. The van der Waals surface area contributed by atoms with Gasteiger partial charge in [0.25, 0.3) is 0 Å². The van der Waals surface area contributed by atoms with E-state index in [2.05, 4.69) is 210 Å². The fraction of sp³-hybridized carbons (Fsp3) is 0. The topological polar surface area (TPSA) is 30.5 Å². The van der Waals surface area contributed by atoms with Crippen molar-refractivity contribution in [3.63, 3.8) is 0 Å². The molecule has 3 heterocycles. The summed E-state index contributed by atoms with van der Waals surface area (Å²) in [6, 6.07) is 82.3. The molecule has 0 radical (unpaired) electrons. The van der Waals surface area contributed by atoms with Gasteiger partial charge in [0.15, 0.2) is 0 Å². The number of ether oxygens (including phenoxy) is 1. The minimum absolute atomic E-state index is 0.863. The van der Waals surface area contributed by atoms with Crippen molar-refractivity contribution in [1.82, 2.24) is 4.57 Å². The minimum Gasteiger partial charge on any atom is -0.456 e. The largest absolute Gasteiger partial charge is 0.456 e. The molecule has 12 aromatic rings. The second-order valence-corrected chi connectivity index (χ2v) is 16.5. The molecule has 0 amide bonds.